The van der Waals surface area contributed by atoms with Gasteiger partial charge in [-0.25, -0.2) is 0 Å². The molecule has 5 aliphatic rings. The van der Waals surface area contributed by atoms with Crippen LogP contribution in [0.2, 0.25) is 0 Å². The van der Waals surface area contributed by atoms with Gasteiger partial charge in [0.15, 0.2) is 0 Å². The van der Waals surface area contributed by atoms with E-state index in [2.05, 4.69) is 18.7 Å². The second-order valence-electron chi connectivity index (χ2n) is 11.5. The highest BCUT2D eigenvalue weighted by Crippen LogP contribution is 2.66. The van der Waals surface area contributed by atoms with Crippen molar-refractivity contribution in [3.8, 4) is 0 Å². The number of hydrogen-bond acceptors (Lipinski definition) is 3. The number of aliphatic hydroxyl groups is 2. The lowest BCUT2D eigenvalue weighted by molar-refractivity contribution is -0.145. The Kier molecular flexibility index (Phi) is 4.69. The predicted octanol–water partition coefficient (Wildman–Crippen LogP) is 4.22. The molecule has 3 heteroatoms. The van der Waals surface area contributed by atoms with Gasteiger partial charge in [0.2, 0.25) is 0 Å². The van der Waals surface area contributed by atoms with E-state index in [0.29, 0.717) is 17.4 Å². The maximum absolute atomic E-state index is 11.1. The van der Waals surface area contributed by atoms with Gasteiger partial charge >= 0.3 is 0 Å². The first-order valence-corrected chi connectivity index (χ1v) is 12.0. The van der Waals surface area contributed by atoms with Crippen molar-refractivity contribution in [2.75, 3.05) is 13.1 Å². The van der Waals surface area contributed by atoms with Crippen molar-refractivity contribution in [3.63, 3.8) is 0 Å². The molecule has 4 unspecified atom stereocenters. The highest BCUT2D eigenvalue weighted by Gasteiger charge is 2.63. The average Bonchev–Trinajstić information content (AvgIpc) is 2.93. The molecule has 2 N–H and O–H groups in total. The van der Waals surface area contributed by atoms with Crippen LogP contribution in [0.25, 0.3) is 0 Å². The van der Waals surface area contributed by atoms with Crippen LogP contribution in [0.5, 0.6) is 0 Å². The fourth-order valence-electron chi connectivity index (χ4n) is 8.99. The smallest absolute Gasteiger partial charge is 0.0612 e. The normalized spacial score (nSPS) is 56.2. The Bertz CT molecular complexity index is 561. The first kappa shape index (κ1) is 18.9. The van der Waals surface area contributed by atoms with E-state index in [-0.39, 0.29) is 17.6 Å². The lowest BCUT2D eigenvalue weighted by Crippen LogP contribution is -2.57. The largest absolute Gasteiger partial charge is 0.393 e. The molecule has 0 spiro atoms. The molecule has 0 aromatic heterocycles. The zero-order valence-corrected chi connectivity index (χ0v) is 17.6. The molecule has 0 aromatic rings. The number of nitrogens with zero attached hydrogens (tertiary/aromatic N) is 1. The number of fused-ring (bicyclic) bond motifs is 5. The summed E-state index contributed by atoms with van der Waals surface area (Å²) < 4.78 is 0. The molecule has 0 bridgehead atoms. The lowest BCUT2D eigenvalue weighted by atomic mass is 9.44. The monoisotopic (exact) mass is 375 g/mol. The van der Waals surface area contributed by atoms with Gasteiger partial charge in [0.1, 0.15) is 0 Å². The maximum atomic E-state index is 11.1. The van der Waals surface area contributed by atoms with Gasteiger partial charge in [-0.2, -0.15) is 0 Å². The van der Waals surface area contributed by atoms with E-state index in [1.165, 1.54) is 64.5 Å². The van der Waals surface area contributed by atoms with E-state index >= 15 is 0 Å². The summed E-state index contributed by atoms with van der Waals surface area (Å²) in [6, 6.07) is 0.603. The van der Waals surface area contributed by atoms with E-state index in [1.54, 1.807) is 0 Å². The Morgan fingerprint density at radius 2 is 1.59 bits per heavy atom. The fourth-order valence-corrected chi connectivity index (χ4v) is 8.99. The number of piperidine rings is 1. The second-order valence-corrected chi connectivity index (χ2v) is 11.5. The molecule has 1 saturated heterocycles. The van der Waals surface area contributed by atoms with Crippen molar-refractivity contribution < 1.29 is 10.2 Å². The molecule has 0 radical (unpaired) electrons. The van der Waals surface area contributed by atoms with Gasteiger partial charge in [0.25, 0.3) is 0 Å². The second kappa shape index (κ2) is 6.71. The summed E-state index contributed by atoms with van der Waals surface area (Å²) in [6.07, 6.45) is 13.4. The minimum absolute atomic E-state index is 0.0784. The zero-order chi connectivity index (χ0) is 18.8. The SMILES string of the molecule is C[C@]12CC(O)CCC1CC[C@@H]1[C@H]2CC[C@]2(C)C(O)CC(N3CCCCC3)[C@@H]12. The van der Waals surface area contributed by atoms with Crippen LogP contribution in [0.1, 0.15) is 84.5 Å². The van der Waals surface area contributed by atoms with E-state index in [9.17, 15) is 10.2 Å². The molecular formula is C24H41NO2. The molecule has 154 valence electrons. The van der Waals surface area contributed by atoms with Crippen LogP contribution in [0, 0.1) is 34.5 Å². The highest BCUT2D eigenvalue weighted by atomic mass is 16.3. The Labute approximate surface area is 165 Å². The summed E-state index contributed by atoms with van der Waals surface area (Å²) in [5.74, 6) is 3.02. The van der Waals surface area contributed by atoms with Crippen molar-refractivity contribution in [3.05, 3.63) is 0 Å². The predicted molar refractivity (Wildman–Crippen MR) is 108 cm³/mol. The van der Waals surface area contributed by atoms with Gasteiger partial charge in [-0.15, -0.1) is 0 Å². The minimum atomic E-state index is -0.113. The van der Waals surface area contributed by atoms with Gasteiger partial charge in [0, 0.05) is 6.04 Å². The molecule has 9 atom stereocenters. The standard InChI is InChI=1S/C24H41NO2/c1-23-11-10-19-18(9-7-16-6-8-17(26)15-24(16,19)2)22(23)20(14-21(23)27)25-12-4-3-5-13-25/h16-22,26-27H,3-15H2,1-2H3/t16?,17?,18-,19-,20?,21?,22-,23-,24+/m1/s1. The molecule has 27 heavy (non-hydrogen) atoms. The third-order valence-electron chi connectivity index (χ3n) is 10.4. The highest BCUT2D eigenvalue weighted by molar-refractivity contribution is 5.13. The summed E-state index contributed by atoms with van der Waals surface area (Å²) in [4.78, 5) is 2.77. The van der Waals surface area contributed by atoms with E-state index in [0.717, 1.165) is 37.0 Å². The van der Waals surface area contributed by atoms with Crippen LogP contribution in [0.15, 0.2) is 0 Å². The first-order valence-electron chi connectivity index (χ1n) is 12.0. The summed E-state index contributed by atoms with van der Waals surface area (Å²) in [5, 5.41) is 21.6. The molecule has 5 fully saturated rings. The van der Waals surface area contributed by atoms with Gasteiger partial charge in [0.05, 0.1) is 12.2 Å². The van der Waals surface area contributed by atoms with Crippen LogP contribution in [0.4, 0.5) is 0 Å². The third-order valence-corrected chi connectivity index (χ3v) is 10.4. The Morgan fingerprint density at radius 1 is 0.852 bits per heavy atom. The molecule has 4 saturated carbocycles. The molecular weight excluding hydrogens is 334 g/mol. The number of aliphatic hydroxyl groups excluding tert-OH is 2. The minimum Gasteiger partial charge on any atom is -0.393 e. The number of rotatable bonds is 1. The van der Waals surface area contributed by atoms with Crippen molar-refractivity contribution in [2.24, 2.45) is 34.5 Å². The lowest BCUT2D eigenvalue weighted by Gasteiger charge is -2.61. The molecule has 4 aliphatic carbocycles. The first-order chi connectivity index (χ1) is 12.9. The number of likely N-dealkylation sites (tertiary alicyclic amines) is 1. The Morgan fingerprint density at radius 3 is 2.37 bits per heavy atom. The molecule has 5 rings (SSSR count). The molecule has 1 aliphatic heterocycles. The summed E-state index contributed by atoms with van der Waals surface area (Å²) >= 11 is 0. The van der Waals surface area contributed by atoms with Crippen LogP contribution in [-0.4, -0.2) is 46.5 Å². The average molecular weight is 376 g/mol. The maximum Gasteiger partial charge on any atom is 0.0612 e. The van der Waals surface area contributed by atoms with Gasteiger partial charge in [-0.05, 0) is 112 Å². The van der Waals surface area contributed by atoms with Crippen LogP contribution < -0.4 is 0 Å². The molecule has 1 heterocycles. The quantitative estimate of drug-likeness (QED) is 0.721. The molecule has 0 amide bonds. The summed E-state index contributed by atoms with van der Waals surface area (Å²) in [5.41, 5.74) is 0.460. The molecule has 3 nitrogen and oxygen atoms in total. The van der Waals surface area contributed by atoms with E-state index in [1.807, 2.05) is 0 Å². The van der Waals surface area contributed by atoms with Crippen molar-refractivity contribution in [1.82, 2.24) is 4.90 Å². The summed E-state index contributed by atoms with van der Waals surface area (Å²) in [6.45, 7) is 7.45. The van der Waals surface area contributed by atoms with Gasteiger partial charge in [-0.3, -0.25) is 4.90 Å². The van der Waals surface area contributed by atoms with Gasteiger partial charge < -0.3 is 10.2 Å². The number of hydrogen-bond donors (Lipinski definition) is 2. The Balaban J connectivity index is 1.47. The third kappa shape index (κ3) is 2.78. The van der Waals surface area contributed by atoms with Crippen molar-refractivity contribution in [1.29, 1.82) is 0 Å². The fraction of sp³-hybridized carbons (Fsp3) is 1.00. The Hall–Kier alpha value is -0.120. The topological polar surface area (TPSA) is 43.7 Å². The summed E-state index contributed by atoms with van der Waals surface area (Å²) in [7, 11) is 0. The van der Waals surface area contributed by atoms with Gasteiger partial charge in [-0.1, -0.05) is 20.3 Å². The van der Waals surface area contributed by atoms with Crippen molar-refractivity contribution in [2.45, 2.75) is 103 Å². The van der Waals surface area contributed by atoms with E-state index < -0.39 is 0 Å². The van der Waals surface area contributed by atoms with Crippen LogP contribution in [0.3, 0.4) is 0 Å². The van der Waals surface area contributed by atoms with E-state index in [4.69, 9.17) is 0 Å². The zero-order valence-electron chi connectivity index (χ0n) is 17.6. The molecule has 0 aromatic carbocycles. The van der Waals surface area contributed by atoms with Crippen LogP contribution in [-0.2, 0) is 0 Å². The van der Waals surface area contributed by atoms with Crippen LogP contribution >= 0.6 is 0 Å². The van der Waals surface area contributed by atoms with Crippen molar-refractivity contribution >= 4 is 0 Å².